The lowest BCUT2D eigenvalue weighted by atomic mass is 10.0. The second kappa shape index (κ2) is 9.66. The molecule has 4 aromatic carbocycles. The SMILES string of the molecule is CN(c1ccccc1-c1ccc2c(c1)Nc1ccc(-c3ccc(OC(F)(F)F)cc3)cc1NC2=O)S(C)(=O)=O. The largest absolute Gasteiger partial charge is 0.573 e. The lowest BCUT2D eigenvalue weighted by Gasteiger charge is -2.21. The van der Waals surface area contributed by atoms with Crippen LogP contribution in [-0.4, -0.2) is 34.0 Å². The molecular weight excluding hydrogens is 531 g/mol. The highest BCUT2D eigenvalue weighted by Crippen LogP contribution is 2.39. The van der Waals surface area contributed by atoms with Crippen molar-refractivity contribution < 1.29 is 31.1 Å². The first-order valence-electron chi connectivity index (χ1n) is 11.6. The van der Waals surface area contributed by atoms with Crippen molar-refractivity contribution in [3.63, 3.8) is 0 Å². The predicted molar refractivity (Wildman–Crippen MR) is 145 cm³/mol. The molecule has 0 spiro atoms. The number of ether oxygens (including phenoxy) is 1. The van der Waals surface area contributed by atoms with Gasteiger partial charge in [-0.1, -0.05) is 42.5 Å². The number of anilines is 4. The van der Waals surface area contributed by atoms with Crippen LogP contribution in [0.3, 0.4) is 0 Å². The molecule has 0 saturated heterocycles. The van der Waals surface area contributed by atoms with Gasteiger partial charge in [-0.3, -0.25) is 9.10 Å². The van der Waals surface area contributed by atoms with Crippen molar-refractivity contribution in [3.8, 4) is 28.0 Å². The van der Waals surface area contributed by atoms with Crippen LogP contribution in [0.4, 0.5) is 35.9 Å². The zero-order valence-electron chi connectivity index (χ0n) is 20.7. The highest BCUT2D eigenvalue weighted by Gasteiger charge is 2.31. The van der Waals surface area contributed by atoms with Gasteiger partial charge in [0.25, 0.3) is 5.91 Å². The lowest BCUT2D eigenvalue weighted by Crippen LogP contribution is -2.25. The van der Waals surface area contributed by atoms with Gasteiger partial charge in [0, 0.05) is 12.6 Å². The Bertz CT molecular complexity index is 1690. The second-order valence-corrected chi connectivity index (χ2v) is 10.9. The smallest absolute Gasteiger partial charge is 0.406 e. The van der Waals surface area contributed by atoms with Gasteiger partial charge < -0.3 is 15.4 Å². The molecule has 2 N–H and O–H groups in total. The Hall–Kier alpha value is -4.51. The quantitative estimate of drug-likeness (QED) is 0.290. The molecule has 0 radical (unpaired) electrons. The molecule has 1 heterocycles. The molecule has 200 valence electrons. The second-order valence-electron chi connectivity index (χ2n) is 8.92. The molecule has 1 amide bonds. The minimum absolute atomic E-state index is 0.327. The minimum atomic E-state index is -4.78. The van der Waals surface area contributed by atoms with Crippen molar-refractivity contribution in [1.29, 1.82) is 0 Å². The fraction of sp³-hybridized carbons (Fsp3) is 0.107. The van der Waals surface area contributed by atoms with Gasteiger partial charge >= 0.3 is 6.36 Å². The number of carbonyl (C=O) groups excluding carboxylic acids is 1. The Morgan fingerprint density at radius 2 is 1.38 bits per heavy atom. The molecule has 7 nitrogen and oxygen atoms in total. The van der Waals surface area contributed by atoms with Gasteiger partial charge in [-0.25, -0.2) is 8.42 Å². The number of sulfonamides is 1. The monoisotopic (exact) mass is 553 g/mol. The number of hydrogen-bond acceptors (Lipinski definition) is 5. The summed E-state index contributed by atoms with van der Waals surface area (Å²) >= 11 is 0. The van der Waals surface area contributed by atoms with Gasteiger partial charge in [-0.15, -0.1) is 13.2 Å². The number of hydrogen-bond donors (Lipinski definition) is 2. The highest BCUT2D eigenvalue weighted by molar-refractivity contribution is 7.92. The number of rotatable bonds is 5. The van der Waals surface area contributed by atoms with Crippen LogP contribution in [0.1, 0.15) is 10.4 Å². The normalized spacial score (nSPS) is 12.9. The summed E-state index contributed by atoms with van der Waals surface area (Å²) in [7, 11) is -2.02. The van der Waals surface area contributed by atoms with Gasteiger partial charge in [-0.2, -0.15) is 0 Å². The van der Waals surface area contributed by atoms with E-state index in [9.17, 15) is 26.4 Å². The maximum Gasteiger partial charge on any atom is 0.573 e. The van der Waals surface area contributed by atoms with Crippen LogP contribution in [-0.2, 0) is 10.0 Å². The van der Waals surface area contributed by atoms with Crippen LogP contribution in [0.2, 0.25) is 0 Å². The Morgan fingerprint density at radius 1 is 0.744 bits per heavy atom. The summed E-state index contributed by atoms with van der Waals surface area (Å²) < 4.78 is 66.9. The highest BCUT2D eigenvalue weighted by atomic mass is 32.2. The summed E-state index contributed by atoms with van der Waals surface area (Å²) in [5, 5.41) is 6.15. The van der Waals surface area contributed by atoms with E-state index in [1.807, 2.05) is 0 Å². The van der Waals surface area contributed by atoms with E-state index in [0.29, 0.717) is 50.6 Å². The summed E-state index contributed by atoms with van der Waals surface area (Å²) in [5.41, 5.74) is 5.21. The predicted octanol–water partition coefficient (Wildman–Crippen LogP) is 6.62. The first-order chi connectivity index (χ1) is 18.4. The fourth-order valence-corrected chi connectivity index (χ4v) is 4.82. The molecule has 0 saturated carbocycles. The van der Waals surface area contributed by atoms with Gasteiger partial charge in [-0.05, 0) is 59.2 Å². The van der Waals surface area contributed by atoms with E-state index >= 15 is 0 Å². The summed E-state index contributed by atoms with van der Waals surface area (Å²) in [6, 6.07) is 23.0. The number of nitrogens with one attached hydrogen (secondary N) is 2. The van der Waals surface area contributed by atoms with Crippen molar-refractivity contribution in [2.24, 2.45) is 0 Å². The molecule has 11 heteroatoms. The number of amides is 1. The van der Waals surface area contributed by atoms with Crippen LogP contribution < -0.4 is 19.7 Å². The third-order valence-electron chi connectivity index (χ3n) is 6.27. The summed E-state index contributed by atoms with van der Waals surface area (Å²) in [4.78, 5) is 13.1. The Balaban J connectivity index is 1.48. The first kappa shape index (κ1) is 26.1. The van der Waals surface area contributed by atoms with E-state index in [1.54, 1.807) is 60.7 Å². The first-order valence-corrected chi connectivity index (χ1v) is 13.5. The molecule has 0 atom stereocenters. The molecule has 1 aliphatic rings. The Labute approximate surface area is 222 Å². The van der Waals surface area contributed by atoms with Crippen LogP contribution in [0.25, 0.3) is 22.3 Å². The van der Waals surface area contributed by atoms with Gasteiger partial charge in [0.2, 0.25) is 10.0 Å². The average molecular weight is 554 g/mol. The average Bonchev–Trinajstić information content (AvgIpc) is 3.02. The van der Waals surface area contributed by atoms with E-state index in [2.05, 4.69) is 15.4 Å². The lowest BCUT2D eigenvalue weighted by molar-refractivity contribution is -0.274. The maximum absolute atomic E-state index is 13.1. The number of benzene rings is 4. The standard InChI is InChI=1S/C28H22F3N3O4S/c1-34(39(2,36)37)26-6-4-3-5-21(26)19-9-13-22-24(16-19)32-23-14-10-18(15-25(23)33-27(22)35)17-7-11-20(12-8-17)38-28(29,30)31/h3-16,32H,1-2H3,(H,33,35). The minimum Gasteiger partial charge on any atom is -0.406 e. The molecule has 0 unspecified atom stereocenters. The van der Waals surface area contributed by atoms with Crippen molar-refractivity contribution in [1.82, 2.24) is 0 Å². The number of carbonyl (C=O) groups is 1. The third kappa shape index (κ3) is 5.53. The van der Waals surface area contributed by atoms with Gasteiger partial charge in [0.1, 0.15) is 5.75 Å². The van der Waals surface area contributed by atoms with Crippen LogP contribution >= 0.6 is 0 Å². The van der Waals surface area contributed by atoms with Crippen molar-refractivity contribution in [2.75, 3.05) is 28.2 Å². The zero-order chi connectivity index (χ0) is 27.9. The van der Waals surface area contributed by atoms with E-state index in [0.717, 1.165) is 6.26 Å². The summed E-state index contributed by atoms with van der Waals surface area (Å²) in [5.74, 6) is -0.679. The molecule has 0 fully saturated rings. The molecule has 0 aromatic heterocycles. The van der Waals surface area contributed by atoms with E-state index in [-0.39, 0.29) is 11.7 Å². The van der Waals surface area contributed by atoms with Crippen LogP contribution in [0.5, 0.6) is 5.75 Å². The van der Waals surface area contributed by atoms with Crippen LogP contribution in [0.15, 0.2) is 84.9 Å². The molecule has 0 bridgehead atoms. The number of fused-ring (bicyclic) bond motifs is 2. The molecule has 0 aliphatic carbocycles. The number of alkyl halides is 3. The summed E-state index contributed by atoms with van der Waals surface area (Å²) in [6.07, 6.45) is -3.65. The van der Waals surface area contributed by atoms with Crippen molar-refractivity contribution >= 4 is 38.7 Å². The topological polar surface area (TPSA) is 87.7 Å². The Kier molecular flexibility index (Phi) is 6.47. The Morgan fingerprint density at radius 3 is 2.08 bits per heavy atom. The van der Waals surface area contributed by atoms with Gasteiger partial charge in [0.15, 0.2) is 0 Å². The van der Waals surface area contributed by atoms with Gasteiger partial charge in [0.05, 0.1) is 34.6 Å². The van der Waals surface area contributed by atoms with Crippen molar-refractivity contribution in [2.45, 2.75) is 6.36 Å². The number of halogens is 3. The van der Waals surface area contributed by atoms with Crippen LogP contribution in [0, 0.1) is 0 Å². The molecule has 1 aliphatic heterocycles. The van der Waals surface area contributed by atoms with E-state index in [1.165, 1.54) is 35.6 Å². The third-order valence-corrected chi connectivity index (χ3v) is 7.47. The van der Waals surface area contributed by atoms with E-state index in [4.69, 9.17) is 0 Å². The zero-order valence-corrected chi connectivity index (χ0v) is 21.5. The number of para-hydroxylation sites is 1. The summed E-state index contributed by atoms with van der Waals surface area (Å²) in [6.45, 7) is 0. The van der Waals surface area contributed by atoms with Crippen molar-refractivity contribution in [3.05, 3.63) is 90.5 Å². The fourth-order valence-electron chi connectivity index (χ4n) is 4.30. The maximum atomic E-state index is 13.1. The van der Waals surface area contributed by atoms with E-state index < -0.39 is 16.4 Å². The molecule has 4 aromatic rings. The molecular formula is C28H22F3N3O4S. The molecule has 5 rings (SSSR count). The number of nitrogens with zero attached hydrogens (tertiary/aromatic N) is 1. The molecule has 39 heavy (non-hydrogen) atoms.